The Morgan fingerprint density at radius 3 is 2.61 bits per heavy atom. The minimum Gasteiger partial charge on any atom is -0.461 e. The van der Waals surface area contributed by atoms with Crippen LogP contribution in [-0.2, 0) is 27.3 Å². The Morgan fingerprint density at radius 1 is 1.07 bits per heavy atom. The highest BCUT2D eigenvalue weighted by atomic mass is 16.5. The Balaban J connectivity index is 1.43. The van der Waals surface area contributed by atoms with Crippen LogP contribution in [0.2, 0.25) is 0 Å². The van der Waals surface area contributed by atoms with Crippen molar-refractivity contribution >= 4 is 5.97 Å². The molecule has 4 heteroatoms. The zero-order valence-electron chi connectivity index (χ0n) is 16.8. The smallest absolute Gasteiger partial charge is 0.305 e. The third-order valence-corrected chi connectivity index (χ3v) is 5.21. The summed E-state index contributed by atoms with van der Waals surface area (Å²) in [5.41, 5.74) is 3.88. The highest BCUT2D eigenvalue weighted by molar-refractivity contribution is 5.69. The largest absolute Gasteiger partial charge is 0.461 e. The van der Waals surface area contributed by atoms with Gasteiger partial charge in [-0.2, -0.15) is 0 Å². The van der Waals surface area contributed by atoms with Gasteiger partial charge in [-0.3, -0.25) is 9.69 Å². The number of hydrogen-bond acceptors (Lipinski definition) is 4. The van der Waals surface area contributed by atoms with Crippen molar-refractivity contribution in [1.82, 2.24) is 4.90 Å². The van der Waals surface area contributed by atoms with E-state index < -0.39 is 0 Å². The Kier molecular flexibility index (Phi) is 8.07. The van der Waals surface area contributed by atoms with Crippen molar-refractivity contribution in [2.24, 2.45) is 0 Å². The van der Waals surface area contributed by atoms with Gasteiger partial charge in [0.15, 0.2) is 0 Å². The lowest BCUT2D eigenvalue weighted by atomic mass is 10.0. The van der Waals surface area contributed by atoms with Gasteiger partial charge in [0.05, 0.1) is 13.2 Å². The van der Waals surface area contributed by atoms with E-state index in [4.69, 9.17) is 9.47 Å². The molecule has 1 heterocycles. The van der Waals surface area contributed by atoms with Crippen LogP contribution >= 0.6 is 0 Å². The third-order valence-electron chi connectivity index (χ3n) is 5.21. The Morgan fingerprint density at radius 2 is 1.82 bits per heavy atom. The molecular weight excluding hydrogens is 350 g/mol. The number of benzene rings is 2. The fraction of sp³-hybridized carbons (Fsp3) is 0.458. The van der Waals surface area contributed by atoms with Crippen molar-refractivity contribution in [3.63, 3.8) is 0 Å². The SMILES string of the molecule is CCC(=O)O[C@@H]1CCCN(CCOCc2ccccc2Cc2ccccc2)C1. The summed E-state index contributed by atoms with van der Waals surface area (Å²) in [6, 6.07) is 19.0. The summed E-state index contributed by atoms with van der Waals surface area (Å²) in [4.78, 5) is 13.8. The van der Waals surface area contributed by atoms with Gasteiger partial charge in [0, 0.05) is 19.5 Å². The van der Waals surface area contributed by atoms with E-state index in [2.05, 4.69) is 53.4 Å². The molecule has 28 heavy (non-hydrogen) atoms. The van der Waals surface area contributed by atoms with E-state index in [1.807, 2.05) is 13.0 Å². The fourth-order valence-electron chi connectivity index (χ4n) is 3.64. The number of nitrogens with zero attached hydrogens (tertiary/aromatic N) is 1. The maximum Gasteiger partial charge on any atom is 0.305 e. The van der Waals surface area contributed by atoms with Crippen LogP contribution in [0.15, 0.2) is 54.6 Å². The molecule has 0 bridgehead atoms. The van der Waals surface area contributed by atoms with E-state index in [-0.39, 0.29) is 12.1 Å². The molecule has 3 rings (SSSR count). The molecule has 1 aliphatic heterocycles. The molecule has 0 saturated carbocycles. The zero-order valence-corrected chi connectivity index (χ0v) is 16.8. The highest BCUT2D eigenvalue weighted by Gasteiger charge is 2.22. The van der Waals surface area contributed by atoms with Crippen molar-refractivity contribution in [3.05, 3.63) is 71.3 Å². The summed E-state index contributed by atoms with van der Waals surface area (Å²) in [7, 11) is 0. The predicted octanol–water partition coefficient (Wildman–Crippen LogP) is 4.21. The van der Waals surface area contributed by atoms with Crippen LogP contribution in [0.4, 0.5) is 0 Å². The van der Waals surface area contributed by atoms with Crippen molar-refractivity contribution in [3.8, 4) is 0 Å². The van der Waals surface area contributed by atoms with Crippen LogP contribution < -0.4 is 0 Å². The van der Waals surface area contributed by atoms with Crippen molar-refractivity contribution in [2.45, 2.75) is 45.3 Å². The molecule has 2 aromatic rings. The standard InChI is InChI=1S/C24H31NO3/c1-2-24(26)28-23-13-8-14-25(18-23)15-16-27-19-22-12-7-6-11-21(22)17-20-9-4-3-5-10-20/h3-7,9-12,23H,2,8,13-19H2,1H3/t23-/m1/s1. The Hall–Kier alpha value is -2.17. The Labute approximate surface area is 168 Å². The quantitative estimate of drug-likeness (QED) is 0.482. The Bertz CT molecular complexity index is 732. The number of piperidine rings is 1. The van der Waals surface area contributed by atoms with E-state index in [0.717, 1.165) is 38.9 Å². The molecule has 1 atom stereocenters. The van der Waals surface area contributed by atoms with Crippen LogP contribution in [0.1, 0.15) is 42.9 Å². The molecule has 0 spiro atoms. The van der Waals surface area contributed by atoms with E-state index in [1.165, 1.54) is 16.7 Å². The molecule has 0 amide bonds. The lowest BCUT2D eigenvalue weighted by molar-refractivity contribution is -0.151. The van der Waals surface area contributed by atoms with Crippen LogP contribution in [-0.4, -0.2) is 43.2 Å². The molecule has 1 aliphatic rings. The fourth-order valence-corrected chi connectivity index (χ4v) is 3.64. The number of carbonyl (C=O) groups is 1. The molecule has 4 nitrogen and oxygen atoms in total. The molecule has 0 unspecified atom stereocenters. The monoisotopic (exact) mass is 381 g/mol. The van der Waals surface area contributed by atoms with Crippen LogP contribution in [0, 0.1) is 0 Å². The average molecular weight is 382 g/mol. The van der Waals surface area contributed by atoms with Crippen molar-refractivity contribution in [1.29, 1.82) is 0 Å². The number of carbonyl (C=O) groups excluding carboxylic acids is 1. The molecule has 0 radical (unpaired) electrons. The van der Waals surface area contributed by atoms with E-state index >= 15 is 0 Å². The highest BCUT2D eigenvalue weighted by Crippen LogP contribution is 2.16. The lowest BCUT2D eigenvalue weighted by Gasteiger charge is -2.32. The first-order valence-electron chi connectivity index (χ1n) is 10.3. The molecule has 150 valence electrons. The molecule has 0 aliphatic carbocycles. The maximum atomic E-state index is 11.5. The molecule has 1 saturated heterocycles. The minimum absolute atomic E-state index is 0.0350. The first kappa shape index (κ1) is 20.6. The second-order valence-electron chi connectivity index (χ2n) is 7.39. The number of ether oxygens (including phenoxy) is 2. The minimum atomic E-state index is -0.0990. The summed E-state index contributed by atoms with van der Waals surface area (Å²) in [6.45, 7) is 5.90. The topological polar surface area (TPSA) is 38.8 Å². The van der Waals surface area contributed by atoms with E-state index in [0.29, 0.717) is 19.6 Å². The molecular formula is C24H31NO3. The van der Waals surface area contributed by atoms with Gasteiger partial charge in [0.2, 0.25) is 0 Å². The first-order valence-corrected chi connectivity index (χ1v) is 10.3. The van der Waals surface area contributed by atoms with Gasteiger partial charge in [-0.05, 0) is 42.5 Å². The second-order valence-corrected chi connectivity index (χ2v) is 7.39. The van der Waals surface area contributed by atoms with Gasteiger partial charge in [-0.25, -0.2) is 0 Å². The zero-order chi connectivity index (χ0) is 19.6. The third kappa shape index (κ3) is 6.47. The number of likely N-dealkylation sites (tertiary alicyclic amines) is 1. The molecule has 1 fully saturated rings. The lowest BCUT2D eigenvalue weighted by Crippen LogP contribution is -2.42. The summed E-state index contributed by atoms with van der Waals surface area (Å²) in [5, 5.41) is 0. The van der Waals surface area contributed by atoms with Crippen molar-refractivity contribution < 1.29 is 14.3 Å². The second kappa shape index (κ2) is 11.0. The van der Waals surface area contributed by atoms with Gasteiger partial charge < -0.3 is 9.47 Å². The van der Waals surface area contributed by atoms with Crippen LogP contribution in [0.5, 0.6) is 0 Å². The molecule has 0 aromatic heterocycles. The van der Waals surface area contributed by atoms with Gasteiger partial charge in [-0.1, -0.05) is 61.5 Å². The first-order chi connectivity index (χ1) is 13.7. The van der Waals surface area contributed by atoms with Gasteiger partial charge in [0.25, 0.3) is 0 Å². The van der Waals surface area contributed by atoms with Crippen LogP contribution in [0.25, 0.3) is 0 Å². The summed E-state index contributed by atoms with van der Waals surface area (Å²) < 4.78 is 11.5. The predicted molar refractivity (Wildman–Crippen MR) is 111 cm³/mol. The summed E-state index contributed by atoms with van der Waals surface area (Å²) in [6.07, 6.45) is 3.45. The van der Waals surface area contributed by atoms with Crippen LogP contribution in [0.3, 0.4) is 0 Å². The number of esters is 1. The van der Waals surface area contributed by atoms with Gasteiger partial charge in [-0.15, -0.1) is 0 Å². The van der Waals surface area contributed by atoms with Gasteiger partial charge >= 0.3 is 5.97 Å². The number of hydrogen-bond donors (Lipinski definition) is 0. The van der Waals surface area contributed by atoms with E-state index in [9.17, 15) is 4.79 Å². The normalized spacial score (nSPS) is 17.4. The average Bonchev–Trinajstić information content (AvgIpc) is 2.73. The molecule has 0 N–H and O–H groups in total. The van der Waals surface area contributed by atoms with E-state index in [1.54, 1.807) is 0 Å². The van der Waals surface area contributed by atoms with Gasteiger partial charge in [0.1, 0.15) is 6.10 Å². The maximum absolute atomic E-state index is 11.5. The van der Waals surface area contributed by atoms with Crippen molar-refractivity contribution in [2.75, 3.05) is 26.2 Å². The summed E-state index contributed by atoms with van der Waals surface area (Å²) >= 11 is 0. The summed E-state index contributed by atoms with van der Waals surface area (Å²) in [5.74, 6) is -0.0990. The number of rotatable bonds is 9. The molecule has 2 aromatic carbocycles.